The zero-order chi connectivity index (χ0) is 18.4. The molecule has 2 saturated heterocycles. The second kappa shape index (κ2) is 8.75. The average molecular weight is 362 g/mol. The first-order valence-corrected chi connectivity index (χ1v) is 9.38. The second-order valence-corrected chi connectivity index (χ2v) is 7.50. The van der Waals surface area contributed by atoms with Gasteiger partial charge in [-0.3, -0.25) is 14.6 Å². The summed E-state index contributed by atoms with van der Waals surface area (Å²) in [5.74, 6) is 0.861. The molecule has 0 saturated carbocycles. The summed E-state index contributed by atoms with van der Waals surface area (Å²) in [6.45, 7) is 12.2. The van der Waals surface area contributed by atoms with Crippen LogP contribution in [0.2, 0.25) is 0 Å². The first-order chi connectivity index (χ1) is 12.5. The molecule has 2 fully saturated rings. The minimum atomic E-state index is -0.0528. The van der Waals surface area contributed by atoms with Crippen molar-refractivity contribution in [2.24, 2.45) is 0 Å². The van der Waals surface area contributed by atoms with Gasteiger partial charge in [-0.15, -0.1) is 0 Å². The first-order valence-electron chi connectivity index (χ1n) is 9.38. The zero-order valence-electron chi connectivity index (χ0n) is 15.9. The van der Waals surface area contributed by atoms with Gasteiger partial charge in [-0.2, -0.15) is 0 Å². The van der Waals surface area contributed by atoms with Gasteiger partial charge in [-0.05, 0) is 19.9 Å². The molecule has 3 heterocycles. The monoisotopic (exact) mass is 362 g/mol. The molecular formula is C18H30N6O2. The molecule has 1 amide bonds. The summed E-state index contributed by atoms with van der Waals surface area (Å²) < 4.78 is 5.41. The zero-order valence-corrected chi connectivity index (χ0v) is 15.9. The summed E-state index contributed by atoms with van der Waals surface area (Å²) in [7, 11) is 0. The molecular weight excluding hydrogens is 332 g/mol. The van der Waals surface area contributed by atoms with Crippen molar-refractivity contribution in [3.8, 4) is 0 Å². The van der Waals surface area contributed by atoms with Crippen molar-refractivity contribution in [1.82, 2.24) is 25.1 Å². The minimum absolute atomic E-state index is 0.0528. The Morgan fingerprint density at radius 3 is 2.42 bits per heavy atom. The fraction of sp³-hybridized carbons (Fsp3) is 0.722. The van der Waals surface area contributed by atoms with E-state index < -0.39 is 0 Å². The highest BCUT2D eigenvalue weighted by molar-refractivity contribution is 5.78. The predicted molar refractivity (Wildman–Crippen MR) is 100 cm³/mol. The molecule has 26 heavy (non-hydrogen) atoms. The van der Waals surface area contributed by atoms with E-state index in [1.54, 1.807) is 12.4 Å². The van der Waals surface area contributed by atoms with E-state index in [0.717, 1.165) is 58.4 Å². The Bertz CT molecular complexity index is 568. The number of hydrogen-bond acceptors (Lipinski definition) is 7. The lowest BCUT2D eigenvalue weighted by Crippen LogP contribution is -2.56. The van der Waals surface area contributed by atoms with Crippen LogP contribution in [0.25, 0.3) is 0 Å². The summed E-state index contributed by atoms with van der Waals surface area (Å²) in [6.07, 6.45) is 3.52. The first kappa shape index (κ1) is 19.0. The van der Waals surface area contributed by atoms with Gasteiger partial charge in [-0.1, -0.05) is 0 Å². The van der Waals surface area contributed by atoms with E-state index >= 15 is 0 Å². The minimum Gasteiger partial charge on any atom is -0.379 e. The van der Waals surface area contributed by atoms with Crippen molar-refractivity contribution in [3.05, 3.63) is 18.5 Å². The van der Waals surface area contributed by atoms with E-state index in [2.05, 4.69) is 43.8 Å². The van der Waals surface area contributed by atoms with Gasteiger partial charge in [0.1, 0.15) is 0 Å². The molecule has 0 unspecified atom stereocenters. The Kier molecular flexibility index (Phi) is 6.39. The van der Waals surface area contributed by atoms with E-state index in [4.69, 9.17) is 4.74 Å². The van der Waals surface area contributed by atoms with Crippen molar-refractivity contribution >= 4 is 11.9 Å². The standard InChI is InChI=1S/C18H30N6O2/c1-18(2,24-10-12-26-13-11-24)15-21-16(25)14-22-6-8-23(9-7-22)17-19-4-3-5-20-17/h3-5H,6-15H2,1-2H3,(H,21,25). The number of carbonyl (C=O) groups excluding carboxylic acids is 1. The normalized spacial score (nSPS) is 20.2. The van der Waals surface area contributed by atoms with Crippen LogP contribution in [0.1, 0.15) is 13.8 Å². The molecule has 2 aliphatic rings. The molecule has 0 spiro atoms. The number of aromatic nitrogens is 2. The summed E-state index contributed by atoms with van der Waals surface area (Å²) in [6, 6.07) is 1.82. The van der Waals surface area contributed by atoms with Crippen LogP contribution in [0.3, 0.4) is 0 Å². The number of morpholine rings is 1. The van der Waals surface area contributed by atoms with Crippen LogP contribution < -0.4 is 10.2 Å². The molecule has 0 radical (unpaired) electrons. The molecule has 0 aromatic carbocycles. The fourth-order valence-corrected chi connectivity index (χ4v) is 3.41. The summed E-state index contributed by atoms with van der Waals surface area (Å²) >= 11 is 0. The molecule has 2 aliphatic heterocycles. The van der Waals surface area contributed by atoms with Gasteiger partial charge in [0.25, 0.3) is 0 Å². The Hall–Kier alpha value is -1.77. The summed E-state index contributed by atoms with van der Waals surface area (Å²) in [5, 5.41) is 3.11. The smallest absolute Gasteiger partial charge is 0.234 e. The molecule has 0 atom stereocenters. The highest BCUT2D eigenvalue weighted by Crippen LogP contribution is 2.15. The highest BCUT2D eigenvalue weighted by Gasteiger charge is 2.29. The average Bonchev–Trinajstić information content (AvgIpc) is 2.68. The van der Waals surface area contributed by atoms with Crippen molar-refractivity contribution in [2.45, 2.75) is 19.4 Å². The van der Waals surface area contributed by atoms with Gasteiger partial charge < -0.3 is 15.0 Å². The van der Waals surface area contributed by atoms with Crippen LogP contribution in [-0.2, 0) is 9.53 Å². The van der Waals surface area contributed by atoms with E-state index in [1.807, 2.05) is 6.07 Å². The lowest BCUT2D eigenvalue weighted by Gasteiger charge is -2.41. The lowest BCUT2D eigenvalue weighted by molar-refractivity contribution is -0.123. The molecule has 8 heteroatoms. The molecule has 144 valence electrons. The molecule has 1 aromatic rings. The number of nitrogens with zero attached hydrogens (tertiary/aromatic N) is 5. The van der Waals surface area contributed by atoms with Crippen molar-refractivity contribution in [3.63, 3.8) is 0 Å². The number of carbonyl (C=O) groups is 1. The summed E-state index contributed by atoms with van der Waals surface area (Å²) in [4.78, 5) is 27.7. The molecule has 8 nitrogen and oxygen atoms in total. The van der Waals surface area contributed by atoms with Gasteiger partial charge in [-0.25, -0.2) is 9.97 Å². The summed E-state index contributed by atoms with van der Waals surface area (Å²) in [5.41, 5.74) is -0.0528. The fourth-order valence-electron chi connectivity index (χ4n) is 3.41. The van der Waals surface area contributed by atoms with Crippen LogP contribution >= 0.6 is 0 Å². The number of amides is 1. The predicted octanol–water partition coefficient (Wildman–Crippen LogP) is -0.174. The number of hydrogen-bond donors (Lipinski definition) is 1. The van der Waals surface area contributed by atoms with Crippen molar-refractivity contribution < 1.29 is 9.53 Å². The van der Waals surface area contributed by atoms with Gasteiger partial charge in [0.2, 0.25) is 11.9 Å². The van der Waals surface area contributed by atoms with Crippen LogP contribution in [0.4, 0.5) is 5.95 Å². The van der Waals surface area contributed by atoms with Crippen LogP contribution in [-0.4, -0.2) is 96.8 Å². The maximum Gasteiger partial charge on any atom is 0.234 e. The third kappa shape index (κ3) is 5.12. The van der Waals surface area contributed by atoms with Gasteiger partial charge in [0.15, 0.2) is 0 Å². The van der Waals surface area contributed by atoms with E-state index in [-0.39, 0.29) is 11.4 Å². The lowest BCUT2D eigenvalue weighted by atomic mass is 10.0. The quantitative estimate of drug-likeness (QED) is 0.753. The number of piperazine rings is 1. The third-order valence-corrected chi connectivity index (χ3v) is 5.16. The second-order valence-electron chi connectivity index (χ2n) is 7.50. The molecule has 0 aliphatic carbocycles. The Morgan fingerprint density at radius 1 is 1.12 bits per heavy atom. The Balaban J connectivity index is 1.39. The largest absolute Gasteiger partial charge is 0.379 e. The number of nitrogens with one attached hydrogen (secondary N) is 1. The molecule has 0 bridgehead atoms. The topological polar surface area (TPSA) is 73.8 Å². The number of ether oxygens (including phenoxy) is 1. The van der Waals surface area contributed by atoms with Gasteiger partial charge >= 0.3 is 0 Å². The van der Waals surface area contributed by atoms with Crippen LogP contribution in [0.15, 0.2) is 18.5 Å². The maximum absolute atomic E-state index is 12.4. The van der Waals surface area contributed by atoms with Crippen molar-refractivity contribution in [1.29, 1.82) is 0 Å². The Labute approximate surface area is 155 Å². The van der Waals surface area contributed by atoms with Gasteiger partial charge in [0, 0.05) is 63.7 Å². The molecule has 1 aromatic heterocycles. The molecule has 1 N–H and O–H groups in total. The van der Waals surface area contributed by atoms with Crippen LogP contribution in [0, 0.1) is 0 Å². The van der Waals surface area contributed by atoms with E-state index in [1.165, 1.54) is 0 Å². The van der Waals surface area contributed by atoms with Crippen molar-refractivity contribution in [2.75, 3.05) is 70.5 Å². The Morgan fingerprint density at radius 2 is 1.77 bits per heavy atom. The third-order valence-electron chi connectivity index (χ3n) is 5.16. The highest BCUT2D eigenvalue weighted by atomic mass is 16.5. The number of anilines is 1. The molecule has 3 rings (SSSR count). The van der Waals surface area contributed by atoms with Crippen LogP contribution in [0.5, 0.6) is 0 Å². The maximum atomic E-state index is 12.4. The number of rotatable bonds is 6. The van der Waals surface area contributed by atoms with E-state index in [0.29, 0.717) is 13.1 Å². The SMILES string of the molecule is CC(C)(CNC(=O)CN1CCN(c2ncccn2)CC1)N1CCOCC1. The van der Waals surface area contributed by atoms with Gasteiger partial charge in [0.05, 0.1) is 19.8 Å². The van der Waals surface area contributed by atoms with E-state index in [9.17, 15) is 4.79 Å².